The van der Waals surface area contributed by atoms with E-state index < -0.39 is 0 Å². The summed E-state index contributed by atoms with van der Waals surface area (Å²) in [6.45, 7) is 2.30. The van der Waals surface area contributed by atoms with E-state index in [1.54, 1.807) is 17.7 Å². The number of aryl methyl sites for hydroxylation is 1. The van der Waals surface area contributed by atoms with E-state index in [2.05, 4.69) is 21.6 Å². The fraction of sp³-hybridized carbons (Fsp3) is 0.588. The number of aromatic nitrogens is 3. The van der Waals surface area contributed by atoms with Gasteiger partial charge in [0, 0.05) is 37.4 Å². The first-order valence-electron chi connectivity index (χ1n) is 8.52. The number of carbonyl (C=O) groups is 1. The molecule has 24 heavy (non-hydrogen) atoms. The Kier molecular flexibility index (Phi) is 4.37. The molecule has 1 amide bonds. The third kappa shape index (κ3) is 2.98. The zero-order valence-corrected chi connectivity index (χ0v) is 14.7. The fourth-order valence-electron chi connectivity index (χ4n) is 3.73. The second kappa shape index (κ2) is 6.64. The van der Waals surface area contributed by atoms with Gasteiger partial charge in [-0.25, -0.2) is 0 Å². The van der Waals surface area contributed by atoms with Crippen molar-refractivity contribution in [1.82, 2.24) is 19.7 Å². The molecule has 1 atom stereocenters. The van der Waals surface area contributed by atoms with Crippen LogP contribution in [0.15, 0.2) is 17.8 Å². The molecule has 7 heteroatoms. The molecule has 1 saturated heterocycles. The number of rotatable bonds is 3. The summed E-state index contributed by atoms with van der Waals surface area (Å²) in [5.41, 5.74) is 1.22. The summed E-state index contributed by atoms with van der Waals surface area (Å²) in [6.07, 6.45) is 5.01. The van der Waals surface area contributed by atoms with Crippen LogP contribution in [0.25, 0.3) is 0 Å². The number of nitrogens with zero attached hydrogens (tertiary/aromatic N) is 4. The molecule has 2 aliphatic heterocycles. The number of amides is 1. The number of fused-ring (bicyclic) bond motifs is 1. The molecule has 2 aliphatic rings. The van der Waals surface area contributed by atoms with Crippen LogP contribution in [0.1, 0.15) is 47.5 Å². The average Bonchev–Trinajstić information content (AvgIpc) is 3.24. The summed E-state index contributed by atoms with van der Waals surface area (Å²) in [5, 5.41) is 10.3. The van der Waals surface area contributed by atoms with Crippen molar-refractivity contribution in [2.75, 3.05) is 19.7 Å². The maximum absolute atomic E-state index is 12.7. The van der Waals surface area contributed by atoms with Gasteiger partial charge in [0.2, 0.25) is 5.91 Å². The van der Waals surface area contributed by atoms with Crippen LogP contribution in [-0.2, 0) is 23.0 Å². The maximum Gasteiger partial charge on any atom is 0.225 e. The molecule has 2 aromatic heterocycles. The topological polar surface area (TPSA) is 60.2 Å². The number of hydrogen-bond acceptors (Lipinski definition) is 5. The summed E-state index contributed by atoms with van der Waals surface area (Å²) < 4.78 is 7.84. The standard InChI is InChI=1S/C17H22N4O2S/c1-20-11-18-19-17(20)12-2-6-21(7-3-12)16(22)10-14-13-5-9-24-15(13)4-8-23-14/h5,9,11-12,14H,2-4,6-8,10H2,1H3. The predicted octanol–water partition coefficient (Wildman–Crippen LogP) is 2.29. The molecular weight excluding hydrogens is 324 g/mol. The highest BCUT2D eigenvalue weighted by Gasteiger charge is 2.30. The molecule has 0 spiro atoms. The molecule has 4 rings (SSSR count). The van der Waals surface area contributed by atoms with Gasteiger partial charge in [-0.3, -0.25) is 4.79 Å². The van der Waals surface area contributed by atoms with Crippen molar-refractivity contribution in [2.45, 2.75) is 37.7 Å². The Balaban J connectivity index is 1.35. The van der Waals surface area contributed by atoms with Crippen LogP contribution in [0, 0.1) is 0 Å². The number of thiophene rings is 1. The van der Waals surface area contributed by atoms with E-state index in [1.807, 2.05) is 16.5 Å². The molecule has 0 aromatic carbocycles. The van der Waals surface area contributed by atoms with Crippen molar-refractivity contribution in [3.05, 3.63) is 34.0 Å². The Morgan fingerprint density at radius 3 is 3.00 bits per heavy atom. The summed E-state index contributed by atoms with van der Waals surface area (Å²) in [7, 11) is 1.98. The Morgan fingerprint density at radius 2 is 2.25 bits per heavy atom. The van der Waals surface area contributed by atoms with Gasteiger partial charge < -0.3 is 14.2 Å². The lowest BCUT2D eigenvalue weighted by atomic mass is 9.95. The van der Waals surface area contributed by atoms with Crippen LogP contribution < -0.4 is 0 Å². The third-order valence-electron chi connectivity index (χ3n) is 5.09. The number of hydrogen-bond donors (Lipinski definition) is 0. The van der Waals surface area contributed by atoms with Crippen molar-refractivity contribution in [2.24, 2.45) is 7.05 Å². The van der Waals surface area contributed by atoms with Gasteiger partial charge in [-0.05, 0) is 29.9 Å². The van der Waals surface area contributed by atoms with Gasteiger partial charge in [-0.2, -0.15) is 0 Å². The molecule has 2 aromatic rings. The fourth-order valence-corrected chi connectivity index (χ4v) is 4.65. The van der Waals surface area contributed by atoms with Crippen molar-refractivity contribution in [1.29, 1.82) is 0 Å². The predicted molar refractivity (Wildman–Crippen MR) is 90.9 cm³/mol. The second-order valence-corrected chi connectivity index (χ2v) is 7.57. The van der Waals surface area contributed by atoms with E-state index in [-0.39, 0.29) is 12.0 Å². The third-order valence-corrected chi connectivity index (χ3v) is 6.09. The molecule has 0 aliphatic carbocycles. The van der Waals surface area contributed by atoms with Crippen LogP contribution in [0.2, 0.25) is 0 Å². The number of carbonyl (C=O) groups excluding carboxylic acids is 1. The Bertz CT molecular complexity index is 718. The lowest BCUT2D eigenvalue weighted by Gasteiger charge is -2.33. The van der Waals surface area contributed by atoms with Crippen LogP contribution in [-0.4, -0.2) is 45.3 Å². The van der Waals surface area contributed by atoms with Crippen LogP contribution >= 0.6 is 11.3 Å². The molecule has 1 unspecified atom stereocenters. The molecule has 128 valence electrons. The smallest absolute Gasteiger partial charge is 0.225 e. The van der Waals surface area contributed by atoms with E-state index in [9.17, 15) is 4.79 Å². The van der Waals surface area contributed by atoms with Crippen LogP contribution in [0.4, 0.5) is 0 Å². The number of likely N-dealkylation sites (tertiary alicyclic amines) is 1. The van der Waals surface area contributed by atoms with Crippen molar-refractivity contribution in [3.63, 3.8) is 0 Å². The quantitative estimate of drug-likeness (QED) is 0.855. The Labute approximate surface area is 145 Å². The molecule has 0 saturated carbocycles. The van der Waals surface area contributed by atoms with E-state index in [0.29, 0.717) is 12.3 Å². The molecule has 0 radical (unpaired) electrons. The SMILES string of the molecule is Cn1cnnc1C1CCN(C(=O)CC2OCCc3sccc32)CC1. The van der Waals surface area contributed by atoms with Gasteiger partial charge in [0.05, 0.1) is 19.1 Å². The van der Waals surface area contributed by atoms with E-state index >= 15 is 0 Å². The first kappa shape index (κ1) is 15.8. The lowest BCUT2D eigenvalue weighted by Crippen LogP contribution is -2.39. The van der Waals surface area contributed by atoms with Crippen LogP contribution in [0.5, 0.6) is 0 Å². The molecule has 0 N–H and O–H groups in total. The number of ether oxygens (including phenoxy) is 1. The van der Waals surface area contributed by atoms with Gasteiger partial charge in [0.25, 0.3) is 0 Å². The molecule has 4 heterocycles. The zero-order chi connectivity index (χ0) is 16.5. The summed E-state index contributed by atoms with van der Waals surface area (Å²) in [6, 6.07) is 2.11. The van der Waals surface area contributed by atoms with Crippen molar-refractivity contribution >= 4 is 17.2 Å². The largest absolute Gasteiger partial charge is 0.373 e. The summed E-state index contributed by atoms with van der Waals surface area (Å²) in [4.78, 5) is 16.0. The minimum absolute atomic E-state index is 0.0658. The molecule has 6 nitrogen and oxygen atoms in total. The van der Waals surface area contributed by atoms with Gasteiger partial charge >= 0.3 is 0 Å². The average molecular weight is 346 g/mol. The van der Waals surface area contributed by atoms with Gasteiger partial charge in [-0.1, -0.05) is 0 Å². The highest BCUT2D eigenvalue weighted by molar-refractivity contribution is 7.10. The molecule has 1 fully saturated rings. The van der Waals surface area contributed by atoms with Gasteiger partial charge in [0.15, 0.2) is 0 Å². The summed E-state index contributed by atoms with van der Waals surface area (Å²) in [5.74, 6) is 1.63. The minimum atomic E-state index is -0.0658. The first-order chi connectivity index (χ1) is 11.7. The molecule has 0 bridgehead atoms. The highest BCUT2D eigenvalue weighted by atomic mass is 32.1. The van der Waals surface area contributed by atoms with Crippen molar-refractivity contribution in [3.8, 4) is 0 Å². The van der Waals surface area contributed by atoms with E-state index in [1.165, 1.54) is 10.4 Å². The van der Waals surface area contributed by atoms with Crippen LogP contribution in [0.3, 0.4) is 0 Å². The minimum Gasteiger partial charge on any atom is -0.373 e. The zero-order valence-electron chi connectivity index (χ0n) is 13.9. The summed E-state index contributed by atoms with van der Waals surface area (Å²) >= 11 is 1.77. The first-order valence-corrected chi connectivity index (χ1v) is 9.40. The van der Waals surface area contributed by atoms with Gasteiger partial charge in [-0.15, -0.1) is 21.5 Å². The highest BCUT2D eigenvalue weighted by Crippen LogP contribution is 2.34. The maximum atomic E-state index is 12.7. The Hall–Kier alpha value is -1.73. The van der Waals surface area contributed by atoms with Crippen molar-refractivity contribution < 1.29 is 9.53 Å². The Morgan fingerprint density at radius 1 is 1.42 bits per heavy atom. The second-order valence-electron chi connectivity index (χ2n) is 6.57. The normalized spacial score (nSPS) is 21.7. The van der Waals surface area contributed by atoms with E-state index in [0.717, 1.165) is 44.8 Å². The monoisotopic (exact) mass is 346 g/mol. The lowest BCUT2D eigenvalue weighted by molar-refractivity contribution is -0.135. The molecular formula is C17H22N4O2S. The number of piperidine rings is 1. The van der Waals surface area contributed by atoms with Gasteiger partial charge in [0.1, 0.15) is 12.2 Å². The van der Waals surface area contributed by atoms with E-state index in [4.69, 9.17) is 4.74 Å².